The Labute approximate surface area is 177 Å². The number of furan rings is 1. The summed E-state index contributed by atoms with van der Waals surface area (Å²) in [6, 6.07) is 19.3. The quantitative estimate of drug-likeness (QED) is 0.413. The monoisotopic (exact) mass is 422 g/mol. The van der Waals surface area contributed by atoms with E-state index in [1.54, 1.807) is 36.4 Å². The van der Waals surface area contributed by atoms with Crippen LogP contribution < -0.4 is 0 Å². The number of thioether (sulfide) groups is 1. The predicted molar refractivity (Wildman–Crippen MR) is 113 cm³/mol. The van der Waals surface area contributed by atoms with Crippen LogP contribution in [0.2, 0.25) is 0 Å². The number of rotatable bonds is 7. The van der Waals surface area contributed by atoms with Crippen LogP contribution in [0.3, 0.4) is 0 Å². The predicted octanol–water partition coefficient (Wildman–Crippen LogP) is 4.42. The van der Waals surface area contributed by atoms with Crippen LogP contribution in [0.15, 0.2) is 82.6 Å². The molecule has 0 bridgehead atoms. The van der Waals surface area contributed by atoms with Crippen LogP contribution in [0.5, 0.6) is 0 Å². The molecule has 2 heterocycles. The zero-order chi connectivity index (χ0) is 20.9. The highest BCUT2D eigenvalue weighted by Crippen LogP contribution is 2.28. The number of carbonyl (C=O) groups excluding carboxylic acids is 1. The first kappa shape index (κ1) is 19.9. The van der Waals surface area contributed by atoms with Crippen LogP contribution in [0.1, 0.15) is 5.76 Å². The van der Waals surface area contributed by atoms with Crippen molar-refractivity contribution < 1.29 is 13.6 Å². The first-order valence-corrected chi connectivity index (χ1v) is 10.3. The molecule has 0 fully saturated rings. The summed E-state index contributed by atoms with van der Waals surface area (Å²) < 4.78 is 20.6. The Morgan fingerprint density at radius 1 is 1.07 bits per heavy atom. The molecule has 4 rings (SSSR count). The van der Waals surface area contributed by atoms with Crippen LogP contribution >= 0.6 is 11.8 Å². The summed E-state index contributed by atoms with van der Waals surface area (Å²) in [5, 5.41) is 9.17. The maximum Gasteiger partial charge on any atom is 0.233 e. The van der Waals surface area contributed by atoms with E-state index in [-0.39, 0.29) is 17.5 Å². The maximum atomic E-state index is 13.4. The van der Waals surface area contributed by atoms with Crippen LogP contribution in [0, 0.1) is 5.82 Å². The minimum absolute atomic E-state index is 0.0636. The summed E-state index contributed by atoms with van der Waals surface area (Å²) in [6.45, 7) is 0.395. The van der Waals surface area contributed by atoms with E-state index >= 15 is 0 Å². The molecule has 8 heteroatoms. The molecule has 0 aliphatic rings. The van der Waals surface area contributed by atoms with Crippen molar-refractivity contribution in [2.45, 2.75) is 11.7 Å². The number of amides is 1. The second-order valence-electron chi connectivity index (χ2n) is 6.60. The van der Waals surface area contributed by atoms with Crippen LogP contribution in [0.4, 0.5) is 4.39 Å². The molecule has 0 aliphatic carbocycles. The van der Waals surface area contributed by atoms with Gasteiger partial charge in [0.05, 0.1) is 18.6 Å². The van der Waals surface area contributed by atoms with Gasteiger partial charge in [0.25, 0.3) is 0 Å². The van der Waals surface area contributed by atoms with E-state index in [2.05, 4.69) is 10.2 Å². The molecule has 30 heavy (non-hydrogen) atoms. The standard InChI is InChI=1S/C22H19FN4O2S/c1-26(14-19-8-5-13-29-19)20(28)15-30-22-25-24-21(16-6-3-2-4-7-16)27(22)18-11-9-17(23)10-12-18/h2-13H,14-15H2,1H3. The number of carbonyl (C=O) groups is 1. The van der Waals surface area contributed by atoms with E-state index in [1.165, 1.54) is 23.9 Å². The second kappa shape index (κ2) is 8.96. The Balaban J connectivity index is 1.57. The van der Waals surface area contributed by atoms with Gasteiger partial charge in [0.1, 0.15) is 11.6 Å². The lowest BCUT2D eigenvalue weighted by Gasteiger charge is -2.15. The van der Waals surface area contributed by atoms with Gasteiger partial charge in [-0.2, -0.15) is 0 Å². The van der Waals surface area contributed by atoms with Crippen molar-refractivity contribution in [2.75, 3.05) is 12.8 Å². The van der Waals surface area contributed by atoms with Crippen molar-refractivity contribution >= 4 is 17.7 Å². The SMILES string of the molecule is CN(Cc1ccco1)C(=O)CSc1nnc(-c2ccccc2)n1-c1ccc(F)cc1. The number of benzene rings is 2. The first-order valence-electron chi connectivity index (χ1n) is 9.28. The van der Waals surface area contributed by atoms with Gasteiger partial charge in [-0.15, -0.1) is 10.2 Å². The van der Waals surface area contributed by atoms with Gasteiger partial charge in [0.15, 0.2) is 11.0 Å². The van der Waals surface area contributed by atoms with Gasteiger partial charge >= 0.3 is 0 Å². The molecule has 152 valence electrons. The van der Waals surface area contributed by atoms with Gasteiger partial charge in [0.2, 0.25) is 5.91 Å². The average Bonchev–Trinajstić information content (AvgIpc) is 3.43. The lowest BCUT2D eigenvalue weighted by atomic mass is 10.2. The highest BCUT2D eigenvalue weighted by atomic mass is 32.2. The molecule has 2 aromatic heterocycles. The largest absolute Gasteiger partial charge is 0.467 e. The number of nitrogens with zero attached hydrogens (tertiary/aromatic N) is 4. The Kier molecular flexibility index (Phi) is 5.94. The van der Waals surface area contributed by atoms with E-state index in [1.807, 2.05) is 41.0 Å². The van der Waals surface area contributed by atoms with Gasteiger partial charge in [-0.3, -0.25) is 9.36 Å². The van der Waals surface area contributed by atoms with Crippen molar-refractivity contribution in [1.82, 2.24) is 19.7 Å². The van der Waals surface area contributed by atoms with E-state index in [0.29, 0.717) is 17.5 Å². The van der Waals surface area contributed by atoms with Gasteiger partial charge in [0, 0.05) is 18.3 Å². The van der Waals surface area contributed by atoms with Crippen molar-refractivity contribution in [2.24, 2.45) is 0 Å². The topological polar surface area (TPSA) is 64.2 Å². The molecular formula is C22H19FN4O2S. The molecule has 0 aliphatic heterocycles. The summed E-state index contributed by atoms with van der Waals surface area (Å²) in [7, 11) is 1.73. The highest BCUT2D eigenvalue weighted by molar-refractivity contribution is 7.99. The molecule has 0 N–H and O–H groups in total. The number of aromatic nitrogens is 3. The minimum Gasteiger partial charge on any atom is -0.467 e. The third-order valence-corrected chi connectivity index (χ3v) is 5.39. The average molecular weight is 422 g/mol. The Bertz CT molecular complexity index is 1110. The van der Waals surface area contributed by atoms with E-state index < -0.39 is 0 Å². The third kappa shape index (κ3) is 4.44. The molecular weight excluding hydrogens is 403 g/mol. The molecule has 1 amide bonds. The van der Waals surface area contributed by atoms with Gasteiger partial charge in [-0.1, -0.05) is 42.1 Å². The second-order valence-corrected chi connectivity index (χ2v) is 7.54. The lowest BCUT2D eigenvalue weighted by Crippen LogP contribution is -2.27. The smallest absolute Gasteiger partial charge is 0.233 e. The molecule has 2 aromatic carbocycles. The lowest BCUT2D eigenvalue weighted by molar-refractivity contribution is -0.127. The summed E-state index contributed by atoms with van der Waals surface area (Å²) >= 11 is 1.28. The zero-order valence-corrected chi connectivity index (χ0v) is 17.1. The number of hydrogen-bond acceptors (Lipinski definition) is 5. The Morgan fingerprint density at radius 3 is 2.53 bits per heavy atom. The van der Waals surface area contributed by atoms with E-state index in [4.69, 9.17) is 4.42 Å². The van der Waals surface area contributed by atoms with E-state index in [9.17, 15) is 9.18 Å². The molecule has 0 atom stereocenters. The Morgan fingerprint density at radius 2 is 1.83 bits per heavy atom. The summed E-state index contributed by atoms with van der Waals surface area (Å²) in [6.07, 6.45) is 1.58. The summed E-state index contributed by atoms with van der Waals surface area (Å²) in [5.74, 6) is 1.15. The molecule has 0 radical (unpaired) electrons. The molecule has 0 unspecified atom stereocenters. The first-order chi connectivity index (χ1) is 14.6. The molecule has 0 spiro atoms. The highest BCUT2D eigenvalue weighted by Gasteiger charge is 2.18. The normalized spacial score (nSPS) is 10.9. The van der Waals surface area contributed by atoms with Gasteiger partial charge in [-0.25, -0.2) is 4.39 Å². The van der Waals surface area contributed by atoms with Crippen molar-refractivity contribution in [3.8, 4) is 17.1 Å². The van der Waals surface area contributed by atoms with Crippen molar-refractivity contribution in [3.63, 3.8) is 0 Å². The van der Waals surface area contributed by atoms with Crippen molar-refractivity contribution in [1.29, 1.82) is 0 Å². The fourth-order valence-corrected chi connectivity index (χ4v) is 3.81. The molecule has 0 saturated heterocycles. The van der Waals surface area contributed by atoms with Crippen LogP contribution in [-0.4, -0.2) is 38.4 Å². The van der Waals surface area contributed by atoms with Crippen LogP contribution in [0.25, 0.3) is 17.1 Å². The molecule has 0 saturated carbocycles. The third-order valence-electron chi connectivity index (χ3n) is 4.47. The van der Waals surface area contributed by atoms with Gasteiger partial charge in [-0.05, 0) is 36.4 Å². The number of hydrogen-bond donors (Lipinski definition) is 0. The maximum absolute atomic E-state index is 13.4. The fourth-order valence-electron chi connectivity index (χ4n) is 2.92. The fraction of sp³-hybridized carbons (Fsp3) is 0.136. The van der Waals surface area contributed by atoms with E-state index in [0.717, 1.165) is 17.0 Å². The van der Waals surface area contributed by atoms with Gasteiger partial charge < -0.3 is 9.32 Å². The summed E-state index contributed by atoms with van der Waals surface area (Å²) in [5.41, 5.74) is 1.60. The van der Waals surface area contributed by atoms with Crippen LogP contribution in [-0.2, 0) is 11.3 Å². The zero-order valence-electron chi connectivity index (χ0n) is 16.2. The van der Waals surface area contributed by atoms with Crippen molar-refractivity contribution in [3.05, 3.63) is 84.6 Å². The summed E-state index contributed by atoms with van der Waals surface area (Å²) in [4.78, 5) is 14.2. The minimum atomic E-state index is -0.322. The Hall–Kier alpha value is -3.39. The molecule has 6 nitrogen and oxygen atoms in total. The number of halogens is 1. The molecule has 4 aromatic rings.